The lowest BCUT2D eigenvalue weighted by molar-refractivity contribution is -0.186. The molecule has 0 saturated carbocycles. The van der Waals surface area contributed by atoms with E-state index in [9.17, 15) is 22.4 Å². The SMILES string of the molecule is O=C(N1CCC(Nc2ncc3ncnc(Nc4ccc(F)c(Cl)c4)c3n2)CC1)C(F)(F)F. The molecule has 1 amide bonds. The van der Waals surface area contributed by atoms with Crippen LogP contribution in [0, 0.1) is 5.82 Å². The van der Waals surface area contributed by atoms with Crippen molar-refractivity contribution in [1.82, 2.24) is 24.8 Å². The van der Waals surface area contributed by atoms with E-state index < -0.39 is 17.9 Å². The number of amides is 1. The third-order valence-electron chi connectivity index (χ3n) is 4.92. The summed E-state index contributed by atoms with van der Waals surface area (Å²) in [5, 5.41) is 6.04. The van der Waals surface area contributed by atoms with Gasteiger partial charge in [-0.25, -0.2) is 24.3 Å². The number of likely N-dealkylation sites (tertiary alicyclic amines) is 1. The first-order valence-corrected chi connectivity index (χ1v) is 9.91. The van der Waals surface area contributed by atoms with E-state index in [1.165, 1.54) is 30.7 Å². The maximum absolute atomic E-state index is 13.4. The highest BCUT2D eigenvalue weighted by atomic mass is 35.5. The standard InChI is InChI=1S/C19H16ClF4N7O/c20-12-7-11(1-2-13(12)21)28-16-15-14(26-9-27-16)8-25-18(30-15)29-10-3-5-31(6-4-10)17(32)19(22,23)24/h1-2,7-10H,3-6H2,(H,25,29,30)(H,26,27,28). The molecule has 0 unspecified atom stereocenters. The van der Waals surface area contributed by atoms with E-state index in [1.807, 2.05) is 0 Å². The zero-order chi connectivity index (χ0) is 22.9. The van der Waals surface area contributed by atoms with E-state index in [2.05, 4.69) is 30.6 Å². The summed E-state index contributed by atoms with van der Waals surface area (Å²) in [4.78, 5) is 29.1. The highest BCUT2D eigenvalue weighted by Gasteiger charge is 2.43. The van der Waals surface area contributed by atoms with Crippen molar-refractivity contribution in [2.75, 3.05) is 23.7 Å². The van der Waals surface area contributed by atoms with Gasteiger partial charge in [-0.1, -0.05) is 11.6 Å². The smallest absolute Gasteiger partial charge is 0.351 e. The minimum Gasteiger partial charge on any atom is -0.351 e. The molecule has 32 heavy (non-hydrogen) atoms. The lowest BCUT2D eigenvalue weighted by Crippen LogP contribution is -2.47. The topological polar surface area (TPSA) is 95.9 Å². The van der Waals surface area contributed by atoms with Gasteiger partial charge in [0.05, 0.1) is 11.2 Å². The van der Waals surface area contributed by atoms with Gasteiger partial charge in [-0.15, -0.1) is 0 Å². The van der Waals surface area contributed by atoms with Gasteiger partial charge in [0.25, 0.3) is 0 Å². The molecule has 3 aromatic rings. The molecule has 0 radical (unpaired) electrons. The molecule has 2 aromatic heterocycles. The summed E-state index contributed by atoms with van der Waals surface area (Å²) in [5.41, 5.74) is 1.33. The Bertz CT molecular complexity index is 1150. The number of rotatable bonds is 4. The number of benzene rings is 1. The quantitative estimate of drug-likeness (QED) is 0.559. The largest absolute Gasteiger partial charge is 0.471 e. The van der Waals surface area contributed by atoms with Crippen molar-refractivity contribution in [2.45, 2.75) is 25.1 Å². The Kier molecular flexibility index (Phi) is 5.96. The molecule has 4 rings (SSSR count). The van der Waals surface area contributed by atoms with E-state index in [4.69, 9.17) is 11.6 Å². The third-order valence-corrected chi connectivity index (χ3v) is 5.21. The molecule has 0 atom stereocenters. The molecular weight excluding hydrogens is 454 g/mol. The van der Waals surface area contributed by atoms with E-state index in [1.54, 1.807) is 0 Å². The lowest BCUT2D eigenvalue weighted by Gasteiger charge is -2.32. The van der Waals surface area contributed by atoms with Crippen LogP contribution in [0.5, 0.6) is 0 Å². The summed E-state index contributed by atoms with van der Waals surface area (Å²) >= 11 is 5.82. The van der Waals surface area contributed by atoms with Crippen LogP contribution < -0.4 is 10.6 Å². The van der Waals surface area contributed by atoms with Crippen molar-refractivity contribution in [3.63, 3.8) is 0 Å². The first-order valence-electron chi connectivity index (χ1n) is 9.53. The van der Waals surface area contributed by atoms with Crippen molar-refractivity contribution in [3.8, 4) is 0 Å². The van der Waals surface area contributed by atoms with Crippen LogP contribution in [0.15, 0.2) is 30.7 Å². The van der Waals surface area contributed by atoms with Crippen LogP contribution in [0.2, 0.25) is 5.02 Å². The Morgan fingerprint density at radius 2 is 1.91 bits per heavy atom. The summed E-state index contributed by atoms with van der Waals surface area (Å²) in [5.74, 6) is -1.80. The van der Waals surface area contributed by atoms with E-state index in [0.717, 1.165) is 4.90 Å². The Morgan fingerprint density at radius 3 is 2.59 bits per heavy atom. The minimum atomic E-state index is -4.88. The summed E-state index contributed by atoms with van der Waals surface area (Å²) in [6.07, 6.45) is -1.45. The molecule has 0 aliphatic carbocycles. The zero-order valence-corrected chi connectivity index (χ0v) is 17.1. The highest BCUT2D eigenvalue weighted by Crippen LogP contribution is 2.26. The summed E-state index contributed by atoms with van der Waals surface area (Å²) in [7, 11) is 0. The zero-order valence-electron chi connectivity index (χ0n) is 16.3. The Morgan fingerprint density at radius 1 is 1.16 bits per heavy atom. The van der Waals surface area contributed by atoms with Gasteiger partial charge in [-0.2, -0.15) is 13.2 Å². The van der Waals surface area contributed by atoms with Gasteiger partial charge >= 0.3 is 12.1 Å². The second-order valence-corrected chi connectivity index (χ2v) is 7.52. The molecule has 1 aromatic carbocycles. The number of carbonyl (C=O) groups excluding carboxylic acids is 1. The van der Waals surface area contributed by atoms with Crippen molar-refractivity contribution < 1.29 is 22.4 Å². The third kappa shape index (κ3) is 4.79. The Labute approximate surface area is 184 Å². The summed E-state index contributed by atoms with van der Waals surface area (Å²) < 4.78 is 51.2. The van der Waals surface area contributed by atoms with E-state index in [-0.39, 0.29) is 30.1 Å². The monoisotopic (exact) mass is 469 g/mol. The number of carbonyl (C=O) groups is 1. The van der Waals surface area contributed by atoms with Crippen LogP contribution in [0.25, 0.3) is 11.0 Å². The number of alkyl halides is 3. The van der Waals surface area contributed by atoms with Crippen molar-refractivity contribution >= 4 is 46.0 Å². The van der Waals surface area contributed by atoms with E-state index >= 15 is 0 Å². The molecule has 2 N–H and O–H groups in total. The fraction of sp³-hybridized carbons (Fsp3) is 0.316. The number of anilines is 3. The molecule has 1 fully saturated rings. The van der Waals surface area contributed by atoms with Crippen LogP contribution >= 0.6 is 11.6 Å². The van der Waals surface area contributed by atoms with Gasteiger partial charge in [0.1, 0.15) is 23.2 Å². The molecule has 168 valence electrons. The first kappa shape index (κ1) is 21.9. The molecule has 13 heteroatoms. The maximum atomic E-state index is 13.4. The predicted molar refractivity (Wildman–Crippen MR) is 109 cm³/mol. The minimum absolute atomic E-state index is 0.0230. The summed E-state index contributed by atoms with van der Waals surface area (Å²) in [6, 6.07) is 3.90. The number of piperidine rings is 1. The van der Waals surface area contributed by atoms with Crippen LogP contribution in [-0.2, 0) is 4.79 Å². The molecule has 1 aliphatic rings. The van der Waals surface area contributed by atoms with Gasteiger partial charge in [0.15, 0.2) is 5.82 Å². The van der Waals surface area contributed by atoms with Crippen LogP contribution in [-0.4, -0.2) is 56.1 Å². The number of fused-ring (bicyclic) bond motifs is 1. The number of aromatic nitrogens is 4. The number of nitrogens with one attached hydrogen (secondary N) is 2. The first-order chi connectivity index (χ1) is 15.2. The normalized spacial score (nSPS) is 15.1. The Balaban J connectivity index is 1.48. The highest BCUT2D eigenvalue weighted by molar-refractivity contribution is 6.31. The number of hydrogen-bond donors (Lipinski definition) is 2. The number of hydrogen-bond acceptors (Lipinski definition) is 7. The van der Waals surface area contributed by atoms with Gasteiger partial charge in [-0.05, 0) is 31.0 Å². The van der Waals surface area contributed by atoms with Gasteiger partial charge < -0.3 is 15.5 Å². The van der Waals surface area contributed by atoms with Gasteiger partial charge in [0.2, 0.25) is 5.95 Å². The second kappa shape index (κ2) is 8.69. The van der Waals surface area contributed by atoms with E-state index in [0.29, 0.717) is 35.4 Å². The second-order valence-electron chi connectivity index (χ2n) is 7.11. The molecular formula is C19H16ClF4N7O. The fourth-order valence-electron chi connectivity index (χ4n) is 3.31. The maximum Gasteiger partial charge on any atom is 0.471 e. The van der Waals surface area contributed by atoms with Crippen LogP contribution in [0.1, 0.15) is 12.8 Å². The molecule has 0 bridgehead atoms. The van der Waals surface area contributed by atoms with Gasteiger partial charge in [-0.3, -0.25) is 4.79 Å². The Hall–Kier alpha value is -3.28. The molecule has 8 nitrogen and oxygen atoms in total. The molecule has 1 aliphatic heterocycles. The number of halogens is 5. The average Bonchev–Trinajstić information content (AvgIpc) is 2.76. The average molecular weight is 470 g/mol. The van der Waals surface area contributed by atoms with Gasteiger partial charge in [0, 0.05) is 24.8 Å². The molecule has 0 spiro atoms. The fourth-order valence-corrected chi connectivity index (χ4v) is 3.50. The van der Waals surface area contributed by atoms with Crippen LogP contribution in [0.3, 0.4) is 0 Å². The molecule has 1 saturated heterocycles. The van der Waals surface area contributed by atoms with Crippen molar-refractivity contribution in [1.29, 1.82) is 0 Å². The number of nitrogens with zero attached hydrogens (tertiary/aromatic N) is 5. The van der Waals surface area contributed by atoms with Crippen molar-refractivity contribution in [3.05, 3.63) is 41.6 Å². The predicted octanol–water partition coefficient (Wildman–Crippen LogP) is 3.92. The van der Waals surface area contributed by atoms with Crippen LogP contribution in [0.4, 0.5) is 35.0 Å². The summed E-state index contributed by atoms with van der Waals surface area (Å²) in [6.45, 7) is -0.0460. The van der Waals surface area contributed by atoms with Crippen molar-refractivity contribution in [2.24, 2.45) is 0 Å². The molecule has 3 heterocycles. The lowest BCUT2D eigenvalue weighted by atomic mass is 10.1.